The molecule has 1 saturated carbocycles. The summed E-state index contributed by atoms with van der Waals surface area (Å²) in [6.07, 6.45) is 16.1. The van der Waals surface area contributed by atoms with E-state index in [0.29, 0.717) is 23.0 Å². The van der Waals surface area contributed by atoms with Crippen molar-refractivity contribution in [3.63, 3.8) is 0 Å². The molecule has 0 aliphatic heterocycles. The molecular formula is C26H39Cl6NO. The molecule has 0 aromatic rings. The first-order chi connectivity index (χ1) is 16.1. The number of rotatable bonds is 17. The van der Waals surface area contributed by atoms with Gasteiger partial charge in [0.25, 0.3) is 0 Å². The zero-order valence-corrected chi connectivity index (χ0v) is 24.8. The van der Waals surface area contributed by atoms with Gasteiger partial charge in [-0.25, -0.2) is 0 Å². The zero-order valence-electron chi connectivity index (χ0n) is 20.2. The first kappa shape index (κ1) is 30.9. The third-order valence-electron chi connectivity index (χ3n) is 7.48. The topological polar surface area (TPSA) is 29.1 Å². The van der Waals surface area contributed by atoms with Gasteiger partial charge in [-0.3, -0.25) is 4.79 Å². The highest BCUT2D eigenvalue weighted by Gasteiger charge is 2.81. The summed E-state index contributed by atoms with van der Waals surface area (Å²) < 4.78 is -1.45. The molecule has 4 atom stereocenters. The number of carbonyl (C=O) groups is 1. The molecule has 2 aliphatic carbocycles. The molecule has 1 fully saturated rings. The molecule has 0 aromatic heterocycles. The summed E-state index contributed by atoms with van der Waals surface area (Å²) in [5.41, 5.74) is 0. The Morgan fingerprint density at radius 3 is 1.74 bits per heavy atom. The molecule has 0 saturated heterocycles. The summed E-state index contributed by atoms with van der Waals surface area (Å²) >= 11 is 41.2. The largest absolute Gasteiger partial charge is 0.353 e. The van der Waals surface area contributed by atoms with Crippen LogP contribution in [0.5, 0.6) is 0 Å². The van der Waals surface area contributed by atoms with Gasteiger partial charge in [0.05, 0.1) is 10.1 Å². The van der Waals surface area contributed by atoms with Gasteiger partial charge in [-0.15, -0.1) is 29.8 Å². The third-order valence-corrected chi connectivity index (χ3v) is 11.8. The number of alkyl halides is 4. The third kappa shape index (κ3) is 6.21. The summed E-state index contributed by atoms with van der Waals surface area (Å²) in [5.74, 6) is 0.0307. The molecule has 0 aromatic carbocycles. The lowest BCUT2D eigenvalue weighted by molar-refractivity contribution is -0.121. The predicted molar refractivity (Wildman–Crippen MR) is 151 cm³/mol. The normalized spacial score (nSPS) is 29.6. The van der Waals surface area contributed by atoms with E-state index in [1.54, 1.807) is 6.08 Å². The SMILES string of the molecule is C=CCNC(=O)CCCCCCCC1C(CCCCCCCC)C2(Cl)C(Cl)=C(Cl)C1(Cl)C2(Cl)Cl. The lowest BCUT2D eigenvalue weighted by Gasteiger charge is -2.37. The lowest BCUT2D eigenvalue weighted by Crippen LogP contribution is -2.44. The molecule has 0 heterocycles. The molecular weight excluding hydrogens is 555 g/mol. The maximum absolute atomic E-state index is 11.7. The van der Waals surface area contributed by atoms with Crippen LogP contribution >= 0.6 is 69.6 Å². The van der Waals surface area contributed by atoms with Gasteiger partial charge in [-0.2, -0.15) is 0 Å². The molecule has 0 radical (unpaired) electrons. The molecule has 4 unspecified atom stereocenters. The van der Waals surface area contributed by atoms with Crippen molar-refractivity contribution in [3.8, 4) is 0 Å². The number of carbonyl (C=O) groups excluding carboxylic acids is 1. The van der Waals surface area contributed by atoms with E-state index in [4.69, 9.17) is 69.6 Å². The fraction of sp³-hybridized carbons (Fsp3) is 0.808. The minimum absolute atomic E-state index is 0.0172. The Bertz CT molecular complexity index is 726. The van der Waals surface area contributed by atoms with Gasteiger partial charge in [0.2, 0.25) is 5.91 Å². The van der Waals surface area contributed by atoms with Gasteiger partial charge in [-0.1, -0.05) is 124 Å². The summed E-state index contributed by atoms with van der Waals surface area (Å²) in [6.45, 7) is 6.34. The number of halogens is 6. The van der Waals surface area contributed by atoms with Crippen LogP contribution < -0.4 is 5.32 Å². The Morgan fingerprint density at radius 2 is 1.26 bits per heavy atom. The van der Waals surface area contributed by atoms with Crippen LogP contribution in [0.15, 0.2) is 22.7 Å². The van der Waals surface area contributed by atoms with Crippen LogP contribution in [0.25, 0.3) is 0 Å². The standard InChI is InChI=1S/C26H39Cl6NO/c1-3-5-6-7-9-12-15-19-20(16-13-10-8-11-14-17-21(34)33-18-4-2)25(30)23(28)22(27)24(19,29)26(25,31)32/h4,19-20H,2-3,5-18H2,1H3,(H,33,34). The van der Waals surface area contributed by atoms with Crippen molar-refractivity contribution in [2.45, 2.75) is 111 Å². The molecule has 2 nitrogen and oxygen atoms in total. The molecule has 2 rings (SSSR count). The van der Waals surface area contributed by atoms with Crippen LogP contribution in [-0.4, -0.2) is 26.5 Å². The summed E-state index contributed by atoms with van der Waals surface area (Å²) in [5, 5.41) is 3.44. The van der Waals surface area contributed by atoms with E-state index in [2.05, 4.69) is 18.8 Å². The number of fused-ring (bicyclic) bond motifs is 2. The van der Waals surface area contributed by atoms with Gasteiger partial charge in [0, 0.05) is 13.0 Å². The van der Waals surface area contributed by atoms with E-state index in [9.17, 15) is 4.79 Å². The highest BCUT2D eigenvalue weighted by molar-refractivity contribution is 6.65. The smallest absolute Gasteiger partial charge is 0.220 e. The highest BCUT2D eigenvalue weighted by Crippen LogP contribution is 2.77. The summed E-state index contributed by atoms with van der Waals surface area (Å²) in [4.78, 5) is 9.37. The highest BCUT2D eigenvalue weighted by atomic mass is 35.5. The number of nitrogens with one attached hydrogen (secondary N) is 1. The Kier molecular flexibility index (Phi) is 12.7. The van der Waals surface area contributed by atoms with Gasteiger partial charge >= 0.3 is 0 Å². The predicted octanol–water partition coefficient (Wildman–Crippen LogP) is 9.85. The molecule has 34 heavy (non-hydrogen) atoms. The molecule has 2 bridgehead atoms. The van der Waals surface area contributed by atoms with Crippen LogP contribution in [0.4, 0.5) is 0 Å². The van der Waals surface area contributed by atoms with E-state index in [0.717, 1.165) is 57.8 Å². The van der Waals surface area contributed by atoms with Crippen molar-refractivity contribution in [2.75, 3.05) is 6.54 Å². The first-order valence-corrected chi connectivity index (χ1v) is 15.1. The van der Waals surface area contributed by atoms with Crippen molar-refractivity contribution in [1.29, 1.82) is 0 Å². The first-order valence-electron chi connectivity index (χ1n) is 12.8. The minimum Gasteiger partial charge on any atom is -0.353 e. The van der Waals surface area contributed by atoms with Crippen LogP contribution in [0.1, 0.15) is 96.8 Å². The van der Waals surface area contributed by atoms with E-state index in [-0.39, 0.29) is 17.7 Å². The fourth-order valence-electron chi connectivity index (χ4n) is 5.60. The lowest BCUT2D eigenvalue weighted by atomic mass is 9.76. The molecule has 1 N–H and O–H groups in total. The maximum Gasteiger partial charge on any atom is 0.220 e. The molecule has 0 spiro atoms. The number of unbranched alkanes of at least 4 members (excludes halogenated alkanes) is 9. The second-order valence-electron chi connectivity index (χ2n) is 9.79. The second-order valence-corrected chi connectivity index (χ2v) is 13.1. The average molecular weight is 594 g/mol. The van der Waals surface area contributed by atoms with Gasteiger partial charge in [-0.05, 0) is 31.1 Å². The van der Waals surface area contributed by atoms with Crippen LogP contribution in [0.2, 0.25) is 0 Å². The molecule has 2 aliphatic rings. The number of hydrogen-bond acceptors (Lipinski definition) is 1. The van der Waals surface area contributed by atoms with Crippen molar-refractivity contribution in [1.82, 2.24) is 5.32 Å². The van der Waals surface area contributed by atoms with Crippen molar-refractivity contribution in [2.24, 2.45) is 11.8 Å². The van der Waals surface area contributed by atoms with Crippen molar-refractivity contribution in [3.05, 3.63) is 22.7 Å². The molecule has 1 amide bonds. The Morgan fingerprint density at radius 1 is 0.824 bits per heavy atom. The number of allylic oxidation sites excluding steroid dienone is 2. The van der Waals surface area contributed by atoms with Gasteiger partial charge in [0.1, 0.15) is 9.75 Å². The number of amides is 1. The van der Waals surface area contributed by atoms with Crippen LogP contribution in [0, 0.1) is 11.8 Å². The van der Waals surface area contributed by atoms with E-state index >= 15 is 0 Å². The Labute approximate surface area is 236 Å². The van der Waals surface area contributed by atoms with Gasteiger partial charge < -0.3 is 5.32 Å². The second kappa shape index (κ2) is 14.0. The van der Waals surface area contributed by atoms with E-state index < -0.39 is 14.1 Å². The summed E-state index contributed by atoms with van der Waals surface area (Å²) in [7, 11) is 0. The van der Waals surface area contributed by atoms with Crippen LogP contribution in [-0.2, 0) is 4.79 Å². The van der Waals surface area contributed by atoms with E-state index in [1.807, 2.05) is 0 Å². The fourth-order valence-corrected chi connectivity index (χ4v) is 8.75. The van der Waals surface area contributed by atoms with E-state index in [1.165, 1.54) is 25.7 Å². The van der Waals surface area contributed by atoms with Crippen molar-refractivity contribution < 1.29 is 4.79 Å². The number of hydrogen-bond donors (Lipinski definition) is 1. The average Bonchev–Trinajstić information content (AvgIpc) is 3.00. The van der Waals surface area contributed by atoms with Crippen molar-refractivity contribution >= 4 is 75.5 Å². The maximum atomic E-state index is 11.7. The monoisotopic (exact) mass is 591 g/mol. The molecule has 8 heteroatoms. The van der Waals surface area contributed by atoms with Crippen LogP contribution in [0.3, 0.4) is 0 Å². The summed E-state index contributed by atoms with van der Waals surface area (Å²) in [6, 6.07) is 0. The molecule has 196 valence electrons. The Balaban J connectivity index is 1.92. The Hall–Kier alpha value is 0.690. The minimum atomic E-state index is -1.45. The van der Waals surface area contributed by atoms with Gasteiger partial charge in [0.15, 0.2) is 4.33 Å². The quantitative estimate of drug-likeness (QED) is 0.101. The zero-order chi connectivity index (χ0) is 25.4.